The molecule has 2 rings (SSSR count). The molecule has 1 unspecified atom stereocenters. The van der Waals surface area contributed by atoms with Crippen LogP contribution in [-0.4, -0.2) is 39.5 Å². The third kappa shape index (κ3) is 3.56. The Morgan fingerprint density at radius 3 is 2.89 bits per heavy atom. The van der Waals surface area contributed by atoms with E-state index >= 15 is 0 Å². The smallest absolute Gasteiger partial charge is 0.239 e. The van der Waals surface area contributed by atoms with Crippen LogP contribution in [0.15, 0.2) is 12.4 Å². The van der Waals surface area contributed by atoms with E-state index < -0.39 is 0 Å². The number of hydrogen-bond donors (Lipinski definition) is 1. The molecule has 19 heavy (non-hydrogen) atoms. The molecule has 0 saturated carbocycles. The molecule has 1 aliphatic heterocycles. The molecule has 0 aromatic carbocycles. The van der Waals surface area contributed by atoms with Gasteiger partial charge in [0, 0.05) is 32.0 Å². The largest absolute Gasteiger partial charge is 0.341 e. The molecule has 0 spiro atoms. The summed E-state index contributed by atoms with van der Waals surface area (Å²) in [5, 5.41) is 3.29. The zero-order valence-corrected chi connectivity index (χ0v) is 11.9. The molecule has 1 atom stereocenters. The van der Waals surface area contributed by atoms with Gasteiger partial charge in [-0.15, -0.1) is 0 Å². The fourth-order valence-corrected chi connectivity index (χ4v) is 2.49. The summed E-state index contributed by atoms with van der Waals surface area (Å²) in [6.07, 6.45) is 7.18. The molecule has 2 heterocycles. The van der Waals surface area contributed by atoms with Crippen molar-refractivity contribution in [2.75, 3.05) is 13.1 Å². The highest BCUT2D eigenvalue weighted by Crippen LogP contribution is 2.09. The molecule has 1 amide bonds. The van der Waals surface area contributed by atoms with E-state index in [1.165, 1.54) is 0 Å². The molecule has 1 aromatic rings. The highest BCUT2D eigenvalue weighted by atomic mass is 16.2. The van der Waals surface area contributed by atoms with Crippen molar-refractivity contribution in [1.29, 1.82) is 0 Å². The van der Waals surface area contributed by atoms with Crippen LogP contribution in [0.3, 0.4) is 0 Å². The van der Waals surface area contributed by atoms with Gasteiger partial charge in [0.2, 0.25) is 5.91 Å². The Kier molecular flexibility index (Phi) is 4.96. The maximum Gasteiger partial charge on any atom is 0.239 e. The monoisotopic (exact) mass is 264 g/mol. The predicted octanol–water partition coefficient (Wildman–Crippen LogP) is 1.39. The number of nitrogens with zero attached hydrogens (tertiary/aromatic N) is 3. The Hall–Kier alpha value is -1.36. The van der Waals surface area contributed by atoms with E-state index in [0.29, 0.717) is 6.54 Å². The van der Waals surface area contributed by atoms with Gasteiger partial charge >= 0.3 is 0 Å². The van der Waals surface area contributed by atoms with E-state index in [1.807, 2.05) is 24.2 Å². The number of likely N-dealkylation sites (tertiary alicyclic amines) is 1. The number of aromatic nitrogens is 2. The van der Waals surface area contributed by atoms with Crippen molar-refractivity contribution in [1.82, 2.24) is 19.8 Å². The minimum Gasteiger partial charge on any atom is -0.341 e. The van der Waals surface area contributed by atoms with Gasteiger partial charge in [-0.05, 0) is 26.2 Å². The Morgan fingerprint density at radius 1 is 1.47 bits per heavy atom. The van der Waals surface area contributed by atoms with Gasteiger partial charge in [-0.3, -0.25) is 10.1 Å². The second kappa shape index (κ2) is 6.70. The first-order valence-corrected chi connectivity index (χ1v) is 7.24. The molecule has 5 heteroatoms. The van der Waals surface area contributed by atoms with Crippen molar-refractivity contribution in [3.05, 3.63) is 18.2 Å². The molecule has 106 valence electrons. The molecule has 1 aliphatic rings. The van der Waals surface area contributed by atoms with Crippen LogP contribution in [0.1, 0.15) is 38.9 Å². The van der Waals surface area contributed by atoms with Crippen LogP contribution in [0.25, 0.3) is 0 Å². The Bertz CT molecular complexity index is 409. The van der Waals surface area contributed by atoms with Gasteiger partial charge in [-0.25, -0.2) is 4.98 Å². The third-order valence-electron chi connectivity index (χ3n) is 3.62. The molecular formula is C14H24N4O. The zero-order valence-electron chi connectivity index (χ0n) is 11.9. The summed E-state index contributed by atoms with van der Waals surface area (Å²) >= 11 is 0. The normalized spacial score (nSPS) is 16.8. The van der Waals surface area contributed by atoms with Gasteiger partial charge in [0.25, 0.3) is 0 Å². The maximum atomic E-state index is 12.2. The first-order valence-electron chi connectivity index (χ1n) is 7.24. The van der Waals surface area contributed by atoms with Crippen molar-refractivity contribution in [2.45, 2.75) is 52.2 Å². The van der Waals surface area contributed by atoms with E-state index in [9.17, 15) is 4.79 Å². The Labute approximate surface area is 115 Å². The predicted molar refractivity (Wildman–Crippen MR) is 74.6 cm³/mol. The third-order valence-corrected chi connectivity index (χ3v) is 3.62. The minimum absolute atomic E-state index is 0.134. The van der Waals surface area contributed by atoms with E-state index in [2.05, 4.69) is 21.8 Å². The molecule has 1 aromatic heterocycles. The number of hydrogen-bond acceptors (Lipinski definition) is 3. The second-order valence-electron chi connectivity index (χ2n) is 5.17. The molecular weight excluding hydrogens is 240 g/mol. The molecule has 1 fully saturated rings. The van der Waals surface area contributed by atoms with Crippen LogP contribution in [0, 0.1) is 0 Å². The lowest BCUT2D eigenvalue weighted by Crippen LogP contribution is -2.43. The zero-order chi connectivity index (χ0) is 13.7. The fourth-order valence-electron chi connectivity index (χ4n) is 2.49. The number of rotatable bonds is 6. The van der Waals surface area contributed by atoms with Crippen molar-refractivity contribution in [3.63, 3.8) is 0 Å². The molecule has 0 bridgehead atoms. The van der Waals surface area contributed by atoms with Gasteiger partial charge in [0.1, 0.15) is 5.82 Å². The van der Waals surface area contributed by atoms with Gasteiger partial charge < -0.3 is 9.47 Å². The molecule has 1 N–H and O–H groups in total. The van der Waals surface area contributed by atoms with Gasteiger partial charge in [-0.2, -0.15) is 0 Å². The second-order valence-corrected chi connectivity index (χ2v) is 5.17. The van der Waals surface area contributed by atoms with E-state index in [4.69, 9.17) is 0 Å². The van der Waals surface area contributed by atoms with Gasteiger partial charge in [0.05, 0.1) is 12.6 Å². The topological polar surface area (TPSA) is 50.2 Å². The van der Waals surface area contributed by atoms with Crippen LogP contribution in [0.5, 0.6) is 0 Å². The molecule has 1 saturated heterocycles. The van der Waals surface area contributed by atoms with Crippen molar-refractivity contribution in [2.24, 2.45) is 0 Å². The summed E-state index contributed by atoms with van der Waals surface area (Å²) in [6, 6.07) is -0.134. The lowest BCUT2D eigenvalue weighted by molar-refractivity contribution is -0.132. The summed E-state index contributed by atoms with van der Waals surface area (Å²) in [7, 11) is 0. The first-order chi connectivity index (χ1) is 9.22. The highest BCUT2D eigenvalue weighted by molar-refractivity contribution is 5.81. The molecule has 0 aliphatic carbocycles. The Morgan fingerprint density at radius 2 is 2.21 bits per heavy atom. The SMILES string of the molecule is CCCn1ccnc1CNC(C)C(=O)N1CCCC1. The van der Waals surface area contributed by atoms with E-state index in [-0.39, 0.29) is 11.9 Å². The number of carbonyl (C=O) groups excluding carboxylic acids is 1. The van der Waals surface area contributed by atoms with Crippen LogP contribution in [-0.2, 0) is 17.9 Å². The van der Waals surface area contributed by atoms with Crippen molar-refractivity contribution < 1.29 is 4.79 Å². The fraction of sp³-hybridized carbons (Fsp3) is 0.714. The van der Waals surface area contributed by atoms with Crippen LogP contribution >= 0.6 is 0 Å². The summed E-state index contributed by atoms with van der Waals surface area (Å²) in [5.41, 5.74) is 0. The van der Waals surface area contributed by atoms with Gasteiger partial charge in [0.15, 0.2) is 0 Å². The Balaban J connectivity index is 1.83. The number of imidazole rings is 1. The summed E-state index contributed by atoms with van der Waals surface area (Å²) in [6.45, 7) is 7.54. The van der Waals surface area contributed by atoms with Crippen molar-refractivity contribution in [3.8, 4) is 0 Å². The first kappa shape index (κ1) is 14.1. The summed E-state index contributed by atoms with van der Waals surface area (Å²) in [5.74, 6) is 1.22. The number of nitrogens with one attached hydrogen (secondary N) is 1. The van der Waals surface area contributed by atoms with E-state index in [1.54, 1.807) is 0 Å². The number of carbonyl (C=O) groups is 1. The maximum absolute atomic E-state index is 12.2. The minimum atomic E-state index is -0.134. The quantitative estimate of drug-likeness (QED) is 0.845. The average molecular weight is 264 g/mol. The van der Waals surface area contributed by atoms with Crippen LogP contribution < -0.4 is 5.32 Å². The van der Waals surface area contributed by atoms with Crippen LogP contribution in [0.4, 0.5) is 0 Å². The van der Waals surface area contributed by atoms with E-state index in [0.717, 1.165) is 44.7 Å². The highest BCUT2D eigenvalue weighted by Gasteiger charge is 2.22. The average Bonchev–Trinajstić information content (AvgIpc) is 3.07. The lowest BCUT2D eigenvalue weighted by atomic mass is 10.3. The van der Waals surface area contributed by atoms with Gasteiger partial charge in [-0.1, -0.05) is 6.92 Å². The van der Waals surface area contributed by atoms with Crippen LogP contribution in [0.2, 0.25) is 0 Å². The standard InChI is InChI=1S/C14H24N4O/c1-3-7-17-10-6-15-13(17)11-16-12(2)14(19)18-8-4-5-9-18/h6,10,12,16H,3-5,7-9,11H2,1-2H3. The number of aryl methyl sites for hydroxylation is 1. The lowest BCUT2D eigenvalue weighted by Gasteiger charge is -2.21. The summed E-state index contributed by atoms with van der Waals surface area (Å²) in [4.78, 5) is 18.4. The number of amides is 1. The van der Waals surface area contributed by atoms with Crippen molar-refractivity contribution >= 4 is 5.91 Å². The molecule has 0 radical (unpaired) electrons. The molecule has 5 nitrogen and oxygen atoms in total. The summed E-state index contributed by atoms with van der Waals surface area (Å²) < 4.78 is 2.14.